The standard InChI is InChI=1S/C14H23N3O2/c1-2-3-9-19-10-8-16-11-12-4-6-13(7-5-12)14(15)17-18/h4-7,16,18H,2-3,8-11H2,1H3,(H2,15,17). The maximum absolute atomic E-state index is 8.56. The predicted octanol–water partition coefficient (Wildman–Crippen LogP) is 1.69. The number of nitrogens with one attached hydrogen (secondary N) is 1. The van der Waals surface area contributed by atoms with Crippen molar-refractivity contribution in [3.63, 3.8) is 0 Å². The third-order valence-electron chi connectivity index (χ3n) is 2.75. The molecule has 0 aliphatic rings. The Hall–Kier alpha value is -1.59. The van der Waals surface area contributed by atoms with Crippen molar-refractivity contribution >= 4 is 5.84 Å². The van der Waals surface area contributed by atoms with Crippen LogP contribution < -0.4 is 11.1 Å². The molecule has 0 amide bonds. The van der Waals surface area contributed by atoms with Crippen LogP contribution in [0.4, 0.5) is 0 Å². The summed E-state index contributed by atoms with van der Waals surface area (Å²) in [6.45, 7) is 5.35. The van der Waals surface area contributed by atoms with Gasteiger partial charge in [0.05, 0.1) is 6.61 Å². The number of amidine groups is 1. The van der Waals surface area contributed by atoms with Crippen LogP contribution in [-0.4, -0.2) is 30.8 Å². The lowest BCUT2D eigenvalue weighted by atomic mass is 10.1. The van der Waals surface area contributed by atoms with Crippen molar-refractivity contribution in [1.29, 1.82) is 0 Å². The Kier molecular flexibility index (Phi) is 7.62. The molecule has 4 N–H and O–H groups in total. The topological polar surface area (TPSA) is 79.9 Å². The van der Waals surface area contributed by atoms with Crippen LogP contribution >= 0.6 is 0 Å². The number of oxime groups is 1. The summed E-state index contributed by atoms with van der Waals surface area (Å²) in [4.78, 5) is 0. The van der Waals surface area contributed by atoms with E-state index in [-0.39, 0.29) is 5.84 Å². The molecular weight excluding hydrogens is 242 g/mol. The molecular formula is C14H23N3O2. The van der Waals surface area contributed by atoms with Crippen molar-refractivity contribution < 1.29 is 9.94 Å². The van der Waals surface area contributed by atoms with E-state index in [0.717, 1.165) is 38.3 Å². The average molecular weight is 265 g/mol. The fourth-order valence-electron chi connectivity index (χ4n) is 1.58. The van der Waals surface area contributed by atoms with Gasteiger partial charge in [0.15, 0.2) is 5.84 Å². The first kappa shape index (κ1) is 15.5. The van der Waals surface area contributed by atoms with Crippen molar-refractivity contribution in [3.05, 3.63) is 35.4 Å². The normalized spacial score (nSPS) is 11.7. The van der Waals surface area contributed by atoms with Gasteiger partial charge in [-0.25, -0.2) is 0 Å². The summed E-state index contributed by atoms with van der Waals surface area (Å²) in [6.07, 6.45) is 2.29. The van der Waals surface area contributed by atoms with Crippen LogP contribution in [-0.2, 0) is 11.3 Å². The van der Waals surface area contributed by atoms with Crippen LogP contribution in [0.3, 0.4) is 0 Å². The van der Waals surface area contributed by atoms with Crippen LogP contribution in [0.5, 0.6) is 0 Å². The molecule has 0 atom stereocenters. The monoisotopic (exact) mass is 265 g/mol. The molecule has 0 fully saturated rings. The van der Waals surface area contributed by atoms with Gasteiger partial charge in [0, 0.05) is 25.3 Å². The summed E-state index contributed by atoms with van der Waals surface area (Å²) in [6, 6.07) is 7.59. The van der Waals surface area contributed by atoms with Gasteiger partial charge in [0.25, 0.3) is 0 Å². The molecule has 1 aromatic rings. The fourth-order valence-corrected chi connectivity index (χ4v) is 1.58. The Morgan fingerprint density at radius 3 is 2.68 bits per heavy atom. The first-order valence-electron chi connectivity index (χ1n) is 6.63. The molecule has 0 aliphatic carbocycles. The van der Waals surface area contributed by atoms with Crippen LogP contribution in [0.25, 0.3) is 0 Å². The molecule has 0 spiro atoms. The summed E-state index contributed by atoms with van der Waals surface area (Å²) < 4.78 is 5.45. The zero-order chi connectivity index (χ0) is 13.9. The lowest BCUT2D eigenvalue weighted by Crippen LogP contribution is -2.19. The Bertz CT molecular complexity index is 377. The number of rotatable bonds is 9. The maximum atomic E-state index is 8.56. The molecule has 0 aliphatic heterocycles. The van der Waals surface area contributed by atoms with E-state index in [1.54, 1.807) is 0 Å². The molecule has 106 valence electrons. The number of hydrogen-bond acceptors (Lipinski definition) is 4. The van der Waals surface area contributed by atoms with Crippen LogP contribution in [0.1, 0.15) is 30.9 Å². The van der Waals surface area contributed by atoms with Gasteiger partial charge in [0.1, 0.15) is 0 Å². The molecule has 0 saturated carbocycles. The van der Waals surface area contributed by atoms with E-state index in [1.165, 1.54) is 6.42 Å². The molecule has 19 heavy (non-hydrogen) atoms. The van der Waals surface area contributed by atoms with E-state index < -0.39 is 0 Å². The predicted molar refractivity (Wildman–Crippen MR) is 76.4 cm³/mol. The van der Waals surface area contributed by atoms with Crippen molar-refractivity contribution in [2.24, 2.45) is 10.9 Å². The van der Waals surface area contributed by atoms with E-state index in [1.807, 2.05) is 24.3 Å². The Balaban J connectivity index is 2.19. The quantitative estimate of drug-likeness (QED) is 0.209. The highest BCUT2D eigenvalue weighted by molar-refractivity contribution is 5.96. The fraction of sp³-hybridized carbons (Fsp3) is 0.500. The number of nitrogens with two attached hydrogens (primary N) is 1. The second-order valence-corrected chi connectivity index (χ2v) is 4.32. The number of ether oxygens (including phenoxy) is 1. The lowest BCUT2D eigenvalue weighted by molar-refractivity contribution is 0.133. The van der Waals surface area contributed by atoms with Gasteiger partial charge in [-0.2, -0.15) is 0 Å². The second kappa shape index (κ2) is 9.35. The molecule has 0 aromatic heterocycles. The van der Waals surface area contributed by atoms with E-state index in [9.17, 15) is 0 Å². The number of unbranched alkanes of at least 4 members (excludes halogenated alkanes) is 1. The molecule has 1 rings (SSSR count). The minimum Gasteiger partial charge on any atom is -0.409 e. The van der Waals surface area contributed by atoms with Crippen LogP contribution in [0, 0.1) is 0 Å². The minimum absolute atomic E-state index is 0.129. The highest BCUT2D eigenvalue weighted by Gasteiger charge is 1.98. The molecule has 1 aromatic carbocycles. The number of hydrogen-bond donors (Lipinski definition) is 3. The molecule has 0 heterocycles. The van der Waals surface area contributed by atoms with Gasteiger partial charge in [0.2, 0.25) is 0 Å². The van der Waals surface area contributed by atoms with Gasteiger partial charge in [-0.05, 0) is 12.0 Å². The average Bonchev–Trinajstić information content (AvgIpc) is 2.46. The molecule has 0 radical (unpaired) electrons. The smallest absolute Gasteiger partial charge is 0.170 e. The molecule has 5 heteroatoms. The van der Waals surface area contributed by atoms with Gasteiger partial charge < -0.3 is 21.0 Å². The minimum atomic E-state index is 0.129. The van der Waals surface area contributed by atoms with Crippen molar-refractivity contribution in [2.45, 2.75) is 26.3 Å². The molecule has 0 unspecified atom stereocenters. The van der Waals surface area contributed by atoms with E-state index in [0.29, 0.717) is 5.56 Å². The Labute approximate surface area is 114 Å². The zero-order valence-electron chi connectivity index (χ0n) is 11.4. The Morgan fingerprint density at radius 2 is 2.05 bits per heavy atom. The van der Waals surface area contributed by atoms with E-state index in [4.69, 9.17) is 15.7 Å². The first-order chi connectivity index (χ1) is 9.27. The van der Waals surface area contributed by atoms with Gasteiger partial charge in [-0.15, -0.1) is 0 Å². The van der Waals surface area contributed by atoms with Crippen molar-refractivity contribution in [1.82, 2.24) is 5.32 Å². The van der Waals surface area contributed by atoms with Crippen molar-refractivity contribution in [3.8, 4) is 0 Å². The molecule has 0 saturated heterocycles. The SMILES string of the molecule is CCCCOCCNCc1ccc(C(N)=NO)cc1. The summed E-state index contributed by atoms with van der Waals surface area (Å²) >= 11 is 0. The third kappa shape index (κ3) is 6.22. The van der Waals surface area contributed by atoms with E-state index in [2.05, 4.69) is 17.4 Å². The highest BCUT2D eigenvalue weighted by atomic mass is 16.5. The van der Waals surface area contributed by atoms with E-state index >= 15 is 0 Å². The summed E-state index contributed by atoms with van der Waals surface area (Å²) in [7, 11) is 0. The highest BCUT2D eigenvalue weighted by Crippen LogP contribution is 2.03. The molecule has 0 bridgehead atoms. The summed E-state index contributed by atoms with van der Waals surface area (Å²) in [5.41, 5.74) is 7.36. The second-order valence-electron chi connectivity index (χ2n) is 4.32. The number of benzene rings is 1. The van der Waals surface area contributed by atoms with Crippen molar-refractivity contribution in [2.75, 3.05) is 19.8 Å². The van der Waals surface area contributed by atoms with Gasteiger partial charge >= 0.3 is 0 Å². The number of nitrogens with zero attached hydrogens (tertiary/aromatic N) is 1. The summed E-state index contributed by atoms with van der Waals surface area (Å²) in [5.74, 6) is 0.129. The van der Waals surface area contributed by atoms with Crippen LogP contribution in [0.15, 0.2) is 29.4 Å². The maximum Gasteiger partial charge on any atom is 0.170 e. The van der Waals surface area contributed by atoms with Gasteiger partial charge in [-0.1, -0.05) is 42.8 Å². The zero-order valence-corrected chi connectivity index (χ0v) is 11.4. The Morgan fingerprint density at radius 1 is 1.32 bits per heavy atom. The lowest BCUT2D eigenvalue weighted by Gasteiger charge is -2.06. The first-order valence-corrected chi connectivity index (χ1v) is 6.63. The molecule has 5 nitrogen and oxygen atoms in total. The largest absolute Gasteiger partial charge is 0.409 e. The summed E-state index contributed by atoms with van der Waals surface area (Å²) in [5, 5.41) is 14.8. The third-order valence-corrected chi connectivity index (χ3v) is 2.75. The van der Waals surface area contributed by atoms with Gasteiger partial charge in [-0.3, -0.25) is 0 Å². The van der Waals surface area contributed by atoms with Crippen LogP contribution in [0.2, 0.25) is 0 Å².